The maximum atomic E-state index is 14.8. The van der Waals surface area contributed by atoms with Crippen LogP contribution in [0.15, 0.2) is 195 Å². The highest BCUT2D eigenvalue weighted by Crippen LogP contribution is 2.52. The van der Waals surface area contributed by atoms with E-state index < -0.39 is 5.41 Å². The minimum Gasteiger partial charge on any atom is -0.330 e. The molecule has 0 fully saturated rings. The molecule has 4 aliphatic heterocycles. The molecule has 0 aromatic heterocycles. The van der Waals surface area contributed by atoms with Crippen LogP contribution in [-0.2, 0) is 20.4 Å². The van der Waals surface area contributed by atoms with Crippen molar-refractivity contribution in [3.05, 3.63) is 192 Å². The van der Waals surface area contributed by atoms with Gasteiger partial charge in [0.15, 0.2) is 5.71 Å². The summed E-state index contributed by atoms with van der Waals surface area (Å²) in [5, 5.41) is 0.628. The van der Waals surface area contributed by atoms with Crippen LogP contribution in [0.4, 0.5) is 34.1 Å². The molecule has 0 saturated carbocycles. The first-order chi connectivity index (χ1) is 30.0. The van der Waals surface area contributed by atoms with Crippen LogP contribution in [0.25, 0.3) is 0 Å². The van der Waals surface area contributed by atoms with Crippen LogP contribution < -0.4 is 14.7 Å². The number of para-hydroxylation sites is 5. The largest absolute Gasteiger partial charge is 0.330 e. The topological polar surface area (TPSA) is 46.9 Å². The van der Waals surface area contributed by atoms with Crippen molar-refractivity contribution in [1.29, 1.82) is 0 Å². The summed E-state index contributed by atoms with van der Waals surface area (Å²) >= 11 is 9.93. The first-order valence-electron chi connectivity index (χ1n) is 20.8. The highest BCUT2D eigenvalue weighted by molar-refractivity contribution is 8.00. The number of anilines is 5. The standard InChI is InChI=1S/C53H44ClN4O2S2/c1-52(2)36-18-8-10-20-38(36)56(34-50(59)57-41-23-13-16-26-45(41)62-46-27-17-14-24-42(46)57)48(52)28-6-5-7-29-49-53(3,4)37-19-9-11-21-39(37)58(49)51(60)33-55-40-22-12-15-25-44(40)61-47-31-30-35(54)32-43(47)55/h5-32H,33-34H2,1-4H3/q+1. The van der Waals surface area contributed by atoms with Crippen LogP contribution in [0.5, 0.6) is 0 Å². The Hall–Kier alpha value is -6.06. The number of halogens is 1. The van der Waals surface area contributed by atoms with Crippen LogP contribution >= 0.6 is 35.1 Å². The number of carbonyl (C=O) groups excluding carboxylic acids is 2. The Kier molecular flexibility index (Phi) is 10.1. The fourth-order valence-electron chi connectivity index (χ4n) is 9.32. The number of rotatable bonds is 7. The highest BCUT2D eigenvalue weighted by Gasteiger charge is 2.46. The lowest BCUT2D eigenvalue weighted by atomic mass is 9.81. The molecule has 6 aromatic carbocycles. The average molecular weight is 869 g/mol. The second-order valence-electron chi connectivity index (χ2n) is 16.8. The van der Waals surface area contributed by atoms with E-state index >= 15 is 0 Å². The molecule has 0 spiro atoms. The van der Waals surface area contributed by atoms with Gasteiger partial charge in [-0.15, -0.1) is 0 Å². The van der Waals surface area contributed by atoms with E-state index in [2.05, 4.69) is 97.9 Å². The van der Waals surface area contributed by atoms with Gasteiger partial charge in [-0.25, -0.2) is 0 Å². The Bertz CT molecular complexity index is 2920. The molecule has 9 heteroatoms. The molecule has 10 rings (SSSR count). The van der Waals surface area contributed by atoms with Crippen molar-refractivity contribution in [3.63, 3.8) is 0 Å². The summed E-state index contributed by atoms with van der Waals surface area (Å²) in [6.07, 6.45) is 10.3. The fourth-order valence-corrected chi connectivity index (χ4v) is 11.6. The number of fused-ring (bicyclic) bond motifs is 6. The van der Waals surface area contributed by atoms with Crippen LogP contribution in [0.2, 0.25) is 5.02 Å². The minimum atomic E-state index is -0.442. The van der Waals surface area contributed by atoms with Gasteiger partial charge in [0.25, 0.3) is 11.8 Å². The molecule has 0 atom stereocenters. The predicted octanol–water partition coefficient (Wildman–Crippen LogP) is 13.2. The Morgan fingerprint density at radius 2 is 1.15 bits per heavy atom. The first-order valence-corrected chi connectivity index (χ1v) is 22.8. The molecule has 0 radical (unpaired) electrons. The molecular weight excluding hydrogens is 824 g/mol. The van der Waals surface area contributed by atoms with Crippen molar-refractivity contribution in [1.82, 2.24) is 0 Å². The van der Waals surface area contributed by atoms with Gasteiger partial charge in [0, 0.05) is 53.4 Å². The van der Waals surface area contributed by atoms with Gasteiger partial charge in [-0.2, -0.15) is 4.58 Å². The third kappa shape index (κ3) is 6.72. The van der Waals surface area contributed by atoms with Gasteiger partial charge in [-0.1, -0.05) is 140 Å². The number of hydrogen-bond donors (Lipinski definition) is 0. The molecule has 306 valence electrons. The smallest absolute Gasteiger partial charge is 0.297 e. The number of amides is 2. The summed E-state index contributed by atoms with van der Waals surface area (Å²) in [7, 11) is 0. The Morgan fingerprint density at radius 1 is 0.581 bits per heavy atom. The van der Waals surface area contributed by atoms with E-state index in [-0.39, 0.29) is 30.3 Å². The number of benzene rings is 6. The molecule has 0 N–H and O–H groups in total. The van der Waals surface area contributed by atoms with Crippen molar-refractivity contribution in [2.75, 3.05) is 27.8 Å². The van der Waals surface area contributed by atoms with Gasteiger partial charge in [0.2, 0.25) is 12.2 Å². The lowest BCUT2D eigenvalue weighted by Crippen LogP contribution is -2.39. The second kappa shape index (κ2) is 15.7. The van der Waals surface area contributed by atoms with Crippen LogP contribution in [0.1, 0.15) is 38.8 Å². The molecule has 62 heavy (non-hydrogen) atoms. The summed E-state index contributed by atoms with van der Waals surface area (Å²) < 4.78 is 2.17. The van der Waals surface area contributed by atoms with Crippen molar-refractivity contribution in [2.24, 2.45) is 0 Å². The van der Waals surface area contributed by atoms with E-state index in [1.54, 1.807) is 23.5 Å². The van der Waals surface area contributed by atoms with Crippen LogP contribution in [0.3, 0.4) is 0 Å². The zero-order chi connectivity index (χ0) is 42.8. The van der Waals surface area contributed by atoms with E-state index in [9.17, 15) is 9.59 Å². The third-order valence-electron chi connectivity index (χ3n) is 12.3. The van der Waals surface area contributed by atoms with E-state index in [0.717, 1.165) is 70.7 Å². The summed E-state index contributed by atoms with van der Waals surface area (Å²) in [4.78, 5) is 39.6. The fraction of sp³-hybridized carbons (Fsp3) is 0.151. The Balaban J connectivity index is 0.976. The molecular formula is C53H44ClN4O2S2+. The maximum absolute atomic E-state index is 14.8. The average Bonchev–Trinajstić information content (AvgIpc) is 3.63. The second-order valence-corrected chi connectivity index (χ2v) is 19.4. The summed E-state index contributed by atoms with van der Waals surface area (Å²) in [5.74, 6) is -0.0419. The maximum Gasteiger partial charge on any atom is 0.297 e. The van der Waals surface area contributed by atoms with Crippen molar-refractivity contribution >= 4 is 86.8 Å². The lowest BCUT2D eigenvalue weighted by Gasteiger charge is -2.34. The first kappa shape index (κ1) is 40.0. The molecule has 0 saturated heterocycles. The molecule has 2 amide bonds. The van der Waals surface area contributed by atoms with Gasteiger partial charge >= 0.3 is 0 Å². The van der Waals surface area contributed by atoms with E-state index in [1.807, 2.05) is 119 Å². The summed E-state index contributed by atoms with van der Waals surface area (Å²) in [6.45, 7) is 9.09. The molecule has 0 bridgehead atoms. The molecule has 4 heterocycles. The van der Waals surface area contributed by atoms with Crippen LogP contribution in [-0.4, -0.2) is 35.2 Å². The van der Waals surface area contributed by atoms with E-state index in [0.29, 0.717) is 5.02 Å². The molecule has 6 nitrogen and oxygen atoms in total. The number of carbonyl (C=O) groups is 2. The monoisotopic (exact) mass is 867 g/mol. The number of hydrogen-bond acceptors (Lipinski definition) is 5. The van der Waals surface area contributed by atoms with Crippen molar-refractivity contribution in [2.45, 2.75) is 58.1 Å². The quantitative estimate of drug-likeness (QED) is 0.118. The SMILES string of the molecule is CC1(C)C(/C=C/C=C/C=C2\N(C(=O)CN3c4ccccc4Sc4ccc(Cl)cc43)c3ccccc3C2(C)C)=[N+](CC(=O)N2c3ccccc3Sc3ccccc32)c2ccccc21. The third-order valence-corrected chi connectivity index (χ3v) is 14.8. The normalized spacial score (nSPS) is 17.2. The zero-order valence-electron chi connectivity index (χ0n) is 34.9. The van der Waals surface area contributed by atoms with Gasteiger partial charge in [0.05, 0.1) is 33.9 Å². The van der Waals surface area contributed by atoms with Crippen molar-refractivity contribution in [3.8, 4) is 0 Å². The zero-order valence-corrected chi connectivity index (χ0v) is 37.3. The van der Waals surface area contributed by atoms with E-state index in [1.165, 1.54) is 5.56 Å². The highest BCUT2D eigenvalue weighted by atomic mass is 35.5. The summed E-state index contributed by atoms with van der Waals surface area (Å²) in [6, 6.07) is 46.9. The number of allylic oxidation sites excluding steroid dienone is 6. The van der Waals surface area contributed by atoms with E-state index in [4.69, 9.17) is 11.6 Å². The van der Waals surface area contributed by atoms with Gasteiger partial charge in [-0.05, 0) is 86.2 Å². The van der Waals surface area contributed by atoms with Crippen molar-refractivity contribution < 1.29 is 14.2 Å². The molecule has 6 aromatic rings. The van der Waals surface area contributed by atoms with Gasteiger partial charge in [0.1, 0.15) is 6.54 Å². The number of nitrogens with zero attached hydrogens (tertiary/aromatic N) is 4. The lowest BCUT2D eigenvalue weighted by molar-refractivity contribution is -0.424. The van der Waals surface area contributed by atoms with Gasteiger partial charge < -0.3 is 4.90 Å². The Labute approximate surface area is 376 Å². The Morgan fingerprint density at radius 3 is 1.84 bits per heavy atom. The predicted molar refractivity (Wildman–Crippen MR) is 256 cm³/mol. The molecule has 0 aliphatic carbocycles. The van der Waals surface area contributed by atoms with Gasteiger partial charge in [-0.3, -0.25) is 19.4 Å². The molecule has 4 aliphatic rings. The minimum absolute atomic E-state index is 0.00458. The summed E-state index contributed by atoms with van der Waals surface area (Å²) in [5.41, 5.74) is 9.03. The van der Waals surface area contributed by atoms with Crippen LogP contribution in [0, 0.1) is 0 Å². The molecule has 0 unspecified atom stereocenters.